The number of rotatable bonds is 1. The average Bonchev–Trinajstić information content (AvgIpc) is 2.70. The quantitative estimate of drug-likeness (QED) is 0.240. The van der Waals surface area contributed by atoms with E-state index in [-0.39, 0.29) is 37.1 Å². The number of allylic oxidation sites excluding steroid dienone is 2. The summed E-state index contributed by atoms with van der Waals surface area (Å²) in [6, 6.07) is 13.7. The second kappa shape index (κ2) is 8.81. The number of aliphatic hydroxyl groups excluding tert-OH is 1. The second-order valence-corrected chi connectivity index (χ2v) is 8.01. The van der Waals surface area contributed by atoms with E-state index in [9.17, 15) is 4.79 Å². The molecular formula is C25H24IrNO4-. The van der Waals surface area contributed by atoms with Crippen molar-refractivity contribution in [2.75, 3.05) is 13.2 Å². The van der Waals surface area contributed by atoms with E-state index in [0.29, 0.717) is 13.2 Å². The van der Waals surface area contributed by atoms with Crippen molar-refractivity contribution in [3.63, 3.8) is 0 Å². The molecular weight excluding hydrogens is 570 g/mol. The molecule has 0 saturated carbocycles. The van der Waals surface area contributed by atoms with Crippen molar-refractivity contribution in [2.24, 2.45) is 0 Å². The zero-order valence-electron chi connectivity index (χ0n) is 17.9. The summed E-state index contributed by atoms with van der Waals surface area (Å²) in [6.45, 7) is 8.51. The number of aromatic nitrogens is 1. The van der Waals surface area contributed by atoms with Gasteiger partial charge in [0, 0.05) is 32.4 Å². The smallest absolute Gasteiger partial charge is 0.164 e. The van der Waals surface area contributed by atoms with E-state index in [0.717, 1.165) is 33.5 Å². The Balaban J connectivity index is 0.000000299. The molecule has 1 aromatic heterocycles. The van der Waals surface area contributed by atoms with Crippen LogP contribution in [0.3, 0.4) is 0 Å². The Bertz CT molecular complexity index is 1180. The van der Waals surface area contributed by atoms with Crippen LogP contribution in [0.2, 0.25) is 0 Å². The van der Waals surface area contributed by atoms with Gasteiger partial charge in [0.1, 0.15) is 13.2 Å². The molecule has 1 aliphatic carbocycles. The van der Waals surface area contributed by atoms with Gasteiger partial charge in [0.25, 0.3) is 0 Å². The maximum Gasteiger partial charge on any atom is 0.164 e. The van der Waals surface area contributed by atoms with Gasteiger partial charge < -0.3 is 19.6 Å². The summed E-state index contributed by atoms with van der Waals surface area (Å²) in [4.78, 5) is 14.7. The molecule has 5 nitrogen and oxygen atoms in total. The van der Waals surface area contributed by atoms with E-state index in [1.54, 1.807) is 0 Å². The number of aliphatic hydroxyl groups is 1. The van der Waals surface area contributed by atoms with Gasteiger partial charge in [-0.1, -0.05) is 13.8 Å². The monoisotopic (exact) mass is 595 g/mol. The van der Waals surface area contributed by atoms with Crippen molar-refractivity contribution in [2.45, 2.75) is 33.1 Å². The minimum atomic E-state index is -0.187. The summed E-state index contributed by atoms with van der Waals surface area (Å²) in [5.74, 6) is 1.65. The van der Waals surface area contributed by atoms with Crippen LogP contribution in [0.5, 0.6) is 11.5 Å². The average molecular weight is 595 g/mol. The first kappa shape index (κ1) is 23.0. The third-order valence-corrected chi connectivity index (χ3v) is 5.36. The first-order valence-electron chi connectivity index (χ1n) is 9.92. The Labute approximate surface area is 195 Å². The van der Waals surface area contributed by atoms with Crippen molar-refractivity contribution in [1.29, 1.82) is 0 Å². The molecule has 0 unspecified atom stereocenters. The maximum atomic E-state index is 10.0. The summed E-state index contributed by atoms with van der Waals surface area (Å²) < 4.78 is 11.9. The van der Waals surface area contributed by atoms with Crippen LogP contribution in [0.15, 0.2) is 48.4 Å². The Morgan fingerprint density at radius 2 is 1.97 bits per heavy atom. The molecule has 0 fully saturated rings. The number of hydrogen-bond donors (Lipinski definition) is 1. The Morgan fingerprint density at radius 1 is 1.23 bits per heavy atom. The van der Waals surface area contributed by atoms with Crippen LogP contribution in [-0.2, 0) is 30.3 Å². The molecule has 0 amide bonds. The fraction of sp³-hybridized carbons (Fsp3) is 0.280. The number of hydrogen-bond acceptors (Lipinski definition) is 5. The molecule has 2 heterocycles. The van der Waals surface area contributed by atoms with Gasteiger partial charge in [-0.05, 0) is 53.4 Å². The van der Waals surface area contributed by atoms with Crippen molar-refractivity contribution in [3.05, 3.63) is 65.6 Å². The van der Waals surface area contributed by atoms with Crippen LogP contribution >= 0.6 is 0 Å². The topological polar surface area (TPSA) is 68.7 Å². The van der Waals surface area contributed by atoms with Crippen molar-refractivity contribution < 1.29 is 39.5 Å². The normalized spacial score (nSPS) is 15.2. The van der Waals surface area contributed by atoms with Gasteiger partial charge in [-0.25, -0.2) is 0 Å². The first-order valence-corrected chi connectivity index (χ1v) is 9.92. The summed E-state index contributed by atoms with van der Waals surface area (Å²) in [7, 11) is 0. The van der Waals surface area contributed by atoms with Gasteiger partial charge in [0.2, 0.25) is 0 Å². The molecule has 3 aromatic rings. The first-order chi connectivity index (χ1) is 14.3. The Hall–Kier alpha value is -2.69. The number of fused-ring (bicyclic) bond motifs is 4. The second-order valence-electron chi connectivity index (χ2n) is 8.01. The number of pyridine rings is 1. The summed E-state index contributed by atoms with van der Waals surface area (Å²) >= 11 is 0. The number of carbonyl (C=O) groups is 1. The fourth-order valence-corrected chi connectivity index (χ4v) is 4.22. The molecule has 0 bridgehead atoms. The summed E-state index contributed by atoms with van der Waals surface area (Å²) in [5, 5.41) is 10.7. The summed E-state index contributed by atoms with van der Waals surface area (Å²) in [6.07, 6.45) is 3.03. The molecule has 2 aliphatic rings. The van der Waals surface area contributed by atoms with E-state index >= 15 is 0 Å². The molecule has 6 heteroatoms. The fourth-order valence-electron chi connectivity index (χ4n) is 4.22. The number of nitrogens with zero attached hydrogens (tertiary/aromatic N) is 1. The molecule has 0 atom stereocenters. The van der Waals surface area contributed by atoms with E-state index in [1.807, 2.05) is 24.4 Å². The van der Waals surface area contributed by atoms with Crippen molar-refractivity contribution >= 4 is 16.6 Å². The zero-order valence-corrected chi connectivity index (χ0v) is 20.3. The van der Waals surface area contributed by atoms with Gasteiger partial charge in [-0.2, -0.15) is 0 Å². The standard InChI is InChI=1S/C20H16NO2.C5H8O2.Ir/c1-20(2)14-6-4-3-5-13(14)18-16-12(7-8-21-18)11-15-19(17(16)20)23-10-9-22-15;1-4(6)3-5(2)7;/h3-4,6-8,11H,9-10H2,1-2H3;3,6H,1-2H3;/q-1;;/b;4-3-;. The molecule has 163 valence electrons. The Morgan fingerprint density at radius 3 is 2.65 bits per heavy atom. The third-order valence-electron chi connectivity index (χ3n) is 5.36. The number of ketones is 1. The van der Waals surface area contributed by atoms with Crippen LogP contribution in [0, 0.1) is 6.07 Å². The predicted molar refractivity (Wildman–Crippen MR) is 116 cm³/mol. The van der Waals surface area contributed by atoms with Gasteiger partial charge in [-0.3, -0.25) is 4.79 Å². The zero-order chi connectivity index (χ0) is 21.5. The van der Waals surface area contributed by atoms with Crippen LogP contribution in [0.1, 0.15) is 38.8 Å². The van der Waals surface area contributed by atoms with Crippen LogP contribution in [0.4, 0.5) is 0 Å². The summed E-state index contributed by atoms with van der Waals surface area (Å²) in [5.41, 5.74) is 4.31. The molecule has 31 heavy (non-hydrogen) atoms. The minimum absolute atomic E-state index is 0. The van der Waals surface area contributed by atoms with Gasteiger partial charge >= 0.3 is 0 Å². The predicted octanol–water partition coefficient (Wildman–Crippen LogP) is 5.15. The van der Waals surface area contributed by atoms with Gasteiger partial charge in [0.15, 0.2) is 17.3 Å². The minimum Gasteiger partial charge on any atom is -0.512 e. The molecule has 2 aromatic carbocycles. The van der Waals surface area contributed by atoms with E-state index in [1.165, 1.54) is 31.1 Å². The molecule has 5 rings (SSSR count). The number of benzene rings is 2. The number of carbonyl (C=O) groups excluding carboxylic acids is 1. The van der Waals surface area contributed by atoms with Gasteiger partial charge in [0.05, 0.1) is 5.76 Å². The SMILES string of the molecule is CC(=O)/C=C(/C)O.CC1(C)c2ccc[c-]c2-c2nccc3cc4c(c1c23)OCCO4.[Ir]. The van der Waals surface area contributed by atoms with E-state index < -0.39 is 0 Å². The van der Waals surface area contributed by atoms with Crippen LogP contribution < -0.4 is 9.47 Å². The molecule has 1 N–H and O–H groups in total. The molecule has 1 aliphatic heterocycles. The van der Waals surface area contributed by atoms with Gasteiger partial charge in [-0.15, -0.1) is 35.4 Å². The maximum absolute atomic E-state index is 10.0. The molecule has 1 radical (unpaired) electrons. The van der Waals surface area contributed by atoms with Crippen molar-refractivity contribution in [3.8, 4) is 22.8 Å². The number of ether oxygens (including phenoxy) is 2. The van der Waals surface area contributed by atoms with Crippen LogP contribution in [0.25, 0.3) is 22.0 Å². The third kappa shape index (κ3) is 4.10. The molecule has 0 spiro atoms. The molecule has 0 saturated heterocycles. The van der Waals surface area contributed by atoms with E-state index in [2.05, 4.69) is 37.0 Å². The Kier molecular flexibility index (Phi) is 6.53. The van der Waals surface area contributed by atoms with Crippen LogP contribution in [-0.4, -0.2) is 29.1 Å². The van der Waals surface area contributed by atoms with Crippen molar-refractivity contribution in [1.82, 2.24) is 4.98 Å². The largest absolute Gasteiger partial charge is 0.512 e. The van der Waals surface area contributed by atoms with E-state index in [4.69, 9.17) is 14.6 Å².